The van der Waals surface area contributed by atoms with Crippen molar-refractivity contribution in [3.63, 3.8) is 0 Å². The van der Waals surface area contributed by atoms with Crippen molar-refractivity contribution < 1.29 is 4.39 Å². The number of fused-ring (bicyclic) bond motifs is 4. The first kappa shape index (κ1) is 16.3. The van der Waals surface area contributed by atoms with E-state index in [1.807, 2.05) is 6.92 Å². The van der Waals surface area contributed by atoms with Crippen LogP contribution in [-0.2, 0) is 19.4 Å². The first-order valence-corrected chi connectivity index (χ1v) is 10.2. The number of aromatic nitrogens is 1. The van der Waals surface area contributed by atoms with Gasteiger partial charge in [0, 0.05) is 22.7 Å². The predicted octanol–water partition coefficient (Wildman–Crippen LogP) is 5.89. The van der Waals surface area contributed by atoms with Gasteiger partial charge in [-0.05, 0) is 79.4 Å². The number of hydrogen-bond acceptors (Lipinski definition) is 2. The SMILES string of the molecule is C=C1CCC2=C(C=C3c4nc5cc(F)c(C)c6c5c(c4CN3C2=C)CCC6)C1. The van der Waals surface area contributed by atoms with Gasteiger partial charge in [-0.1, -0.05) is 18.7 Å². The van der Waals surface area contributed by atoms with Crippen LogP contribution >= 0.6 is 0 Å². The van der Waals surface area contributed by atoms with Gasteiger partial charge in [0.1, 0.15) is 5.82 Å². The fourth-order valence-electron chi connectivity index (χ4n) is 5.59. The van der Waals surface area contributed by atoms with Crippen LogP contribution in [0.15, 0.2) is 47.7 Å². The number of halogens is 1. The summed E-state index contributed by atoms with van der Waals surface area (Å²) in [6.45, 7) is 11.4. The van der Waals surface area contributed by atoms with Crippen LogP contribution in [-0.4, -0.2) is 9.88 Å². The maximum Gasteiger partial charge on any atom is 0.128 e. The van der Waals surface area contributed by atoms with E-state index in [1.54, 1.807) is 6.07 Å². The summed E-state index contributed by atoms with van der Waals surface area (Å²) in [5, 5.41) is 1.21. The second-order valence-electron chi connectivity index (χ2n) is 8.62. The first-order chi connectivity index (χ1) is 13.5. The number of allylic oxidation sites excluding steroid dienone is 4. The van der Waals surface area contributed by atoms with Crippen molar-refractivity contribution in [3.8, 4) is 0 Å². The van der Waals surface area contributed by atoms with E-state index in [9.17, 15) is 4.39 Å². The fraction of sp³-hybridized carbons (Fsp3) is 0.320. The average molecular weight is 370 g/mol. The molecule has 0 unspecified atom stereocenters. The molecule has 2 aromatic rings. The lowest BCUT2D eigenvalue weighted by Crippen LogP contribution is -2.22. The van der Waals surface area contributed by atoms with E-state index < -0.39 is 0 Å². The van der Waals surface area contributed by atoms with Gasteiger partial charge in [0.2, 0.25) is 0 Å². The molecule has 3 heterocycles. The summed E-state index contributed by atoms with van der Waals surface area (Å²) in [4.78, 5) is 7.33. The Hall–Kier alpha value is -2.68. The summed E-state index contributed by atoms with van der Waals surface area (Å²) in [6, 6.07) is 1.64. The van der Waals surface area contributed by atoms with Crippen LogP contribution in [0.5, 0.6) is 0 Å². The van der Waals surface area contributed by atoms with E-state index in [0.29, 0.717) is 0 Å². The molecule has 1 aromatic heterocycles. The highest BCUT2D eigenvalue weighted by Gasteiger charge is 2.36. The molecule has 1 aromatic carbocycles. The average Bonchev–Trinajstić information content (AvgIpc) is 3.05. The molecule has 0 atom stereocenters. The standard InChI is InChI=1S/C25H23FN2/c1-13-7-8-18-15(3)28-12-20-19-6-4-5-17-14(2)21(26)11-22(24(17)19)27-25(20)23(28)10-16(18)9-13/h10-11H,1,3-9,12H2,2H3. The first-order valence-electron chi connectivity index (χ1n) is 10.2. The van der Waals surface area contributed by atoms with Crippen molar-refractivity contribution in [2.45, 2.75) is 52.0 Å². The van der Waals surface area contributed by atoms with Crippen molar-refractivity contribution in [2.24, 2.45) is 0 Å². The molecule has 2 aliphatic carbocycles. The summed E-state index contributed by atoms with van der Waals surface area (Å²) in [5.74, 6) is -0.131. The van der Waals surface area contributed by atoms with Crippen LogP contribution in [0.4, 0.5) is 4.39 Å². The number of aryl methyl sites for hydroxylation is 2. The number of benzene rings is 1. The van der Waals surface area contributed by atoms with Gasteiger partial charge < -0.3 is 4.90 Å². The minimum atomic E-state index is -0.131. The highest BCUT2D eigenvalue weighted by Crippen LogP contribution is 2.48. The van der Waals surface area contributed by atoms with Crippen molar-refractivity contribution in [3.05, 3.63) is 81.5 Å². The van der Waals surface area contributed by atoms with Gasteiger partial charge >= 0.3 is 0 Å². The quantitative estimate of drug-likeness (QED) is 0.537. The van der Waals surface area contributed by atoms with Crippen molar-refractivity contribution >= 4 is 16.6 Å². The maximum atomic E-state index is 14.6. The summed E-state index contributed by atoms with van der Waals surface area (Å²) in [6.07, 6.45) is 8.38. The Bertz CT molecular complexity index is 1200. The van der Waals surface area contributed by atoms with Gasteiger partial charge in [0.25, 0.3) is 0 Å². The van der Waals surface area contributed by atoms with Gasteiger partial charge in [-0.2, -0.15) is 0 Å². The molecule has 0 saturated carbocycles. The third-order valence-electron chi connectivity index (χ3n) is 7.06. The maximum absolute atomic E-state index is 14.6. The van der Waals surface area contributed by atoms with Gasteiger partial charge in [-0.25, -0.2) is 9.37 Å². The molecule has 2 aliphatic heterocycles. The molecule has 0 bridgehead atoms. The Morgan fingerprint density at radius 3 is 2.75 bits per heavy atom. The lowest BCUT2D eigenvalue weighted by Gasteiger charge is -2.33. The Morgan fingerprint density at radius 1 is 1.07 bits per heavy atom. The third-order valence-corrected chi connectivity index (χ3v) is 7.06. The van der Waals surface area contributed by atoms with E-state index in [2.05, 4.69) is 24.1 Å². The van der Waals surface area contributed by atoms with Gasteiger partial charge in [-0.15, -0.1) is 0 Å². The highest BCUT2D eigenvalue weighted by molar-refractivity contribution is 5.92. The molecule has 0 fully saturated rings. The Morgan fingerprint density at radius 2 is 1.89 bits per heavy atom. The molecular formula is C25H23FN2. The molecule has 0 radical (unpaired) electrons. The van der Waals surface area contributed by atoms with E-state index >= 15 is 0 Å². The van der Waals surface area contributed by atoms with Gasteiger partial charge in [0.15, 0.2) is 0 Å². The van der Waals surface area contributed by atoms with Crippen LogP contribution in [0.3, 0.4) is 0 Å². The van der Waals surface area contributed by atoms with Gasteiger partial charge in [-0.3, -0.25) is 0 Å². The van der Waals surface area contributed by atoms with Crippen LogP contribution in [0.2, 0.25) is 0 Å². The second kappa shape index (κ2) is 5.44. The third kappa shape index (κ3) is 1.99. The number of hydrogen-bond donors (Lipinski definition) is 0. The molecule has 0 saturated heterocycles. The second-order valence-corrected chi connectivity index (χ2v) is 8.62. The zero-order chi connectivity index (χ0) is 19.2. The summed E-state index contributed by atoms with van der Waals surface area (Å²) < 4.78 is 14.6. The monoisotopic (exact) mass is 370 g/mol. The number of pyridine rings is 1. The molecule has 4 aliphatic rings. The molecule has 0 spiro atoms. The molecule has 140 valence electrons. The highest BCUT2D eigenvalue weighted by atomic mass is 19.1. The summed E-state index contributed by atoms with van der Waals surface area (Å²) >= 11 is 0. The van der Waals surface area contributed by atoms with E-state index in [1.165, 1.54) is 33.2 Å². The van der Waals surface area contributed by atoms with Crippen LogP contribution < -0.4 is 0 Å². The Labute approximate surface area is 164 Å². The fourth-order valence-corrected chi connectivity index (χ4v) is 5.59. The minimum absolute atomic E-state index is 0.131. The zero-order valence-corrected chi connectivity index (χ0v) is 16.3. The number of nitrogens with zero attached hydrogens (tertiary/aromatic N) is 2. The molecular weight excluding hydrogens is 347 g/mol. The van der Waals surface area contributed by atoms with Gasteiger partial charge in [0.05, 0.1) is 23.5 Å². The lowest BCUT2D eigenvalue weighted by molar-refractivity contribution is 0.500. The topological polar surface area (TPSA) is 16.1 Å². The van der Waals surface area contributed by atoms with E-state index in [0.717, 1.165) is 78.8 Å². The largest absolute Gasteiger partial charge is 0.335 e. The predicted molar refractivity (Wildman–Crippen MR) is 111 cm³/mol. The van der Waals surface area contributed by atoms with Crippen LogP contribution in [0.1, 0.15) is 53.6 Å². The number of rotatable bonds is 0. The van der Waals surface area contributed by atoms with Crippen LogP contribution in [0, 0.1) is 12.7 Å². The molecule has 28 heavy (non-hydrogen) atoms. The van der Waals surface area contributed by atoms with E-state index in [4.69, 9.17) is 4.98 Å². The van der Waals surface area contributed by atoms with Crippen molar-refractivity contribution in [2.75, 3.05) is 0 Å². The minimum Gasteiger partial charge on any atom is -0.335 e. The van der Waals surface area contributed by atoms with Crippen LogP contribution in [0.25, 0.3) is 16.6 Å². The summed E-state index contributed by atoms with van der Waals surface area (Å²) in [7, 11) is 0. The lowest BCUT2D eigenvalue weighted by atomic mass is 9.84. The zero-order valence-electron chi connectivity index (χ0n) is 16.3. The molecule has 6 rings (SSSR count). The molecule has 2 nitrogen and oxygen atoms in total. The Balaban J connectivity index is 1.62. The normalized spacial score (nSPS) is 20.4. The smallest absolute Gasteiger partial charge is 0.128 e. The molecule has 0 amide bonds. The summed E-state index contributed by atoms with van der Waals surface area (Å²) in [5.41, 5.74) is 12.8. The van der Waals surface area contributed by atoms with Crippen molar-refractivity contribution in [1.29, 1.82) is 0 Å². The molecule has 0 N–H and O–H groups in total. The molecule has 3 heteroatoms. The van der Waals surface area contributed by atoms with E-state index in [-0.39, 0.29) is 5.82 Å². The van der Waals surface area contributed by atoms with Crippen molar-refractivity contribution in [1.82, 2.24) is 9.88 Å². The Kier molecular flexibility index (Phi) is 3.16.